The molecule has 0 radical (unpaired) electrons. The van der Waals surface area contributed by atoms with Crippen LogP contribution >= 0.6 is 0 Å². The van der Waals surface area contributed by atoms with Gasteiger partial charge in [0.25, 0.3) is 0 Å². The van der Waals surface area contributed by atoms with E-state index in [9.17, 15) is 0 Å². The number of nitrogens with zero attached hydrogens (tertiary/aromatic N) is 1. The Morgan fingerprint density at radius 3 is 2.41 bits per heavy atom. The molecule has 100 valence electrons. The lowest BCUT2D eigenvalue weighted by molar-refractivity contribution is 0.0548. The van der Waals surface area contributed by atoms with Gasteiger partial charge in [-0.3, -0.25) is 4.90 Å². The molecule has 0 amide bonds. The average Bonchev–Trinajstić information content (AvgIpc) is 3.18. The minimum Gasteiger partial charge on any atom is -0.394 e. The molecule has 0 bridgehead atoms. The number of hydrogen-bond acceptors (Lipinski definition) is 3. The molecular formula is C14H27NO2. The van der Waals surface area contributed by atoms with Crippen LogP contribution in [-0.4, -0.2) is 49.0 Å². The van der Waals surface area contributed by atoms with Crippen LogP contribution in [0.1, 0.15) is 44.9 Å². The van der Waals surface area contributed by atoms with Gasteiger partial charge in [0.2, 0.25) is 0 Å². The van der Waals surface area contributed by atoms with Crippen molar-refractivity contribution in [3.05, 3.63) is 0 Å². The Hall–Kier alpha value is -0.120. The van der Waals surface area contributed by atoms with Crippen molar-refractivity contribution < 1.29 is 9.84 Å². The smallest absolute Gasteiger partial charge is 0.0698 e. The molecule has 0 aromatic carbocycles. The maximum atomic E-state index is 8.70. The van der Waals surface area contributed by atoms with Crippen molar-refractivity contribution in [2.24, 2.45) is 5.92 Å². The Morgan fingerprint density at radius 1 is 1.00 bits per heavy atom. The van der Waals surface area contributed by atoms with Gasteiger partial charge < -0.3 is 9.84 Å². The number of aliphatic hydroxyl groups excluding tert-OH is 1. The lowest BCUT2D eigenvalue weighted by Crippen LogP contribution is -2.40. The first-order chi connectivity index (χ1) is 8.40. The summed E-state index contributed by atoms with van der Waals surface area (Å²) in [4.78, 5) is 2.66. The fraction of sp³-hybridized carbons (Fsp3) is 1.00. The van der Waals surface area contributed by atoms with Gasteiger partial charge in [-0.05, 0) is 31.6 Å². The van der Waals surface area contributed by atoms with Crippen LogP contribution in [0.15, 0.2) is 0 Å². The predicted molar refractivity (Wildman–Crippen MR) is 69.1 cm³/mol. The monoisotopic (exact) mass is 241 g/mol. The molecule has 0 saturated heterocycles. The summed E-state index contributed by atoms with van der Waals surface area (Å²) in [6.45, 7) is 3.76. The summed E-state index contributed by atoms with van der Waals surface area (Å²) in [6, 6.07) is 0.807. The van der Waals surface area contributed by atoms with E-state index in [1.807, 2.05) is 0 Å². The van der Waals surface area contributed by atoms with Gasteiger partial charge in [-0.2, -0.15) is 0 Å². The van der Waals surface area contributed by atoms with Crippen LogP contribution in [0.3, 0.4) is 0 Å². The van der Waals surface area contributed by atoms with Crippen molar-refractivity contribution in [1.29, 1.82) is 0 Å². The molecule has 0 heterocycles. The number of aliphatic hydroxyl groups is 1. The lowest BCUT2D eigenvalue weighted by Gasteiger charge is -2.34. The molecule has 3 heteroatoms. The zero-order valence-corrected chi connectivity index (χ0v) is 10.9. The van der Waals surface area contributed by atoms with Gasteiger partial charge in [0.05, 0.1) is 19.8 Å². The van der Waals surface area contributed by atoms with Crippen molar-refractivity contribution in [3.8, 4) is 0 Å². The highest BCUT2D eigenvalue weighted by Gasteiger charge is 2.28. The molecule has 2 fully saturated rings. The zero-order chi connectivity index (χ0) is 11.9. The molecule has 0 aromatic rings. The summed E-state index contributed by atoms with van der Waals surface area (Å²) in [5, 5.41) is 8.70. The molecule has 0 atom stereocenters. The Labute approximate surface area is 105 Å². The molecule has 2 rings (SSSR count). The minimum atomic E-state index is 0.145. The molecule has 0 unspecified atom stereocenters. The van der Waals surface area contributed by atoms with E-state index in [0.29, 0.717) is 6.61 Å². The van der Waals surface area contributed by atoms with Crippen LogP contribution in [0, 0.1) is 5.92 Å². The van der Waals surface area contributed by atoms with Crippen LogP contribution in [0.2, 0.25) is 0 Å². The highest BCUT2D eigenvalue weighted by Crippen LogP contribution is 2.32. The summed E-state index contributed by atoms with van der Waals surface area (Å²) < 4.78 is 5.41. The third kappa shape index (κ3) is 4.94. The van der Waals surface area contributed by atoms with Gasteiger partial charge in [0.1, 0.15) is 0 Å². The van der Waals surface area contributed by atoms with E-state index in [2.05, 4.69) is 4.90 Å². The molecule has 0 aromatic heterocycles. The summed E-state index contributed by atoms with van der Waals surface area (Å²) in [5.41, 5.74) is 0. The SMILES string of the molecule is OCCOCCN(CC1CC1)C1CCCCC1. The Morgan fingerprint density at radius 2 is 1.76 bits per heavy atom. The minimum absolute atomic E-state index is 0.145. The third-order valence-electron chi connectivity index (χ3n) is 4.04. The van der Waals surface area contributed by atoms with Gasteiger partial charge in [-0.25, -0.2) is 0 Å². The second-order valence-electron chi connectivity index (χ2n) is 5.57. The van der Waals surface area contributed by atoms with Crippen LogP contribution in [0.4, 0.5) is 0 Å². The van der Waals surface area contributed by atoms with E-state index >= 15 is 0 Å². The fourth-order valence-corrected chi connectivity index (χ4v) is 2.85. The average molecular weight is 241 g/mol. The predicted octanol–water partition coefficient (Wildman–Crippen LogP) is 2.04. The summed E-state index contributed by atoms with van der Waals surface area (Å²) in [5.74, 6) is 0.967. The second-order valence-corrected chi connectivity index (χ2v) is 5.57. The third-order valence-corrected chi connectivity index (χ3v) is 4.04. The standard InChI is InChI=1S/C14H27NO2/c16-9-11-17-10-8-15(12-13-6-7-13)14-4-2-1-3-5-14/h13-14,16H,1-12H2. The van der Waals surface area contributed by atoms with E-state index in [1.165, 1.54) is 51.5 Å². The fourth-order valence-electron chi connectivity index (χ4n) is 2.85. The van der Waals surface area contributed by atoms with Crippen LogP contribution in [0.5, 0.6) is 0 Å². The van der Waals surface area contributed by atoms with Crippen molar-refractivity contribution in [1.82, 2.24) is 4.90 Å². The topological polar surface area (TPSA) is 32.7 Å². The maximum absolute atomic E-state index is 8.70. The lowest BCUT2D eigenvalue weighted by atomic mass is 9.94. The van der Waals surface area contributed by atoms with E-state index < -0.39 is 0 Å². The highest BCUT2D eigenvalue weighted by atomic mass is 16.5. The molecule has 3 nitrogen and oxygen atoms in total. The van der Waals surface area contributed by atoms with Crippen LogP contribution in [-0.2, 0) is 4.74 Å². The molecule has 0 aliphatic heterocycles. The largest absolute Gasteiger partial charge is 0.394 e. The number of rotatable bonds is 8. The van der Waals surface area contributed by atoms with Gasteiger partial charge in [-0.1, -0.05) is 19.3 Å². The second kappa shape index (κ2) is 7.34. The van der Waals surface area contributed by atoms with Crippen molar-refractivity contribution in [3.63, 3.8) is 0 Å². The molecule has 1 N–H and O–H groups in total. The quantitative estimate of drug-likeness (QED) is 0.660. The van der Waals surface area contributed by atoms with Crippen molar-refractivity contribution in [2.45, 2.75) is 51.0 Å². The first-order valence-electron chi connectivity index (χ1n) is 7.33. The Balaban J connectivity index is 1.70. The van der Waals surface area contributed by atoms with Gasteiger partial charge in [0.15, 0.2) is 0 Å². The van der Waals surface area contributed by atoms with Crippen molar-refractivity contribution in [2.75, 3.05) is 32.9 Å². The summed E-state index contributed by atoms with van der Waals surface area (Å²) in [6.07, 6.45) is 9.86. The zero-order valence-electron chi connectivity index (χ0n) is 10.9. The van der Waals surface area contributed by atoms with E-state index in [0.717, 1.165) is 25.1 Å². The highest BCUT2D eigenvalue weighted by molar-refractivity contribution is 4.82. The molecule has 0 spiro atoms. The molecule has 2 aliphatic carbocycles. The summed E-state index contributed by atoms with van der Waals surface area (Å²) in [7, 11) is 0. The van der Waals surface area contributed by atoms with Gasteiger partial charge in [0, 0.05) is 19.1 Å². The molecule has 2 aliphatic rings. The number of ether oxygens (including phenoxy) is 1. The van der Waals surface area contributed by atoms with Gasteiger partial charge >= 0.3 is 0 Å². The van der Waals surface area contributed by atoms with E-state index in [-0.39, 0.29) is 6.61 Å². The first-order valence-corrected chi connectivity index (χ1v) is 7.33. The van der Waals surface area contributed by atoms with Crippen molar-refractivity contribution >= 4 is 0 Å². The molecular weight excluding hydrogens is 214 g/mol. The maximum Gasteiger partial charge on any atom is 0.0698 e. The molecule has 17 heavy (non-hydrogen) atoms. The van der Waals surface area contributed by atoms with Crippen LogP contribution < -0.4 is 0 Å². The van der Waals surface area contributed by atoms with Gasteiger partial charge in [-0.15, -0.1) is 0 Å². The number of hydrogen-bond donors (Lipinski definition) is 1. The van der Waals surface area contributed by atoms with E-state index in [1.54, 1.807) is 0 Å². The normalized spacial score (nSPS) is 22.2. The van der Waals surface area contributed by atoms with Crippen LogP contribution in [0.25, 0.3) is 0 Å². The molecule has 2 saturated carbocycles. The summed E-state index contributed by atoms with van der Waals surface area (Å²) >= 11 is 0. The Kier molecular flexibility index (Phi) is 5.75. The Bertz CT molecular complexity index is 200. The van der Waals surface area contributed by atoms with E-state index in [4.69, 9.17) is 9.84 Å². The first kappa shape index (κ1) is 13.3.